The van der Waals surface area contributed by atoms with Gasteiger partial charge in [-0.1, -0.05) is 12.8 Å². The molecule has 3 N–H and O–H groups in total. The van der Waals surface area contributed by atoms with Crippen LogP contribution in [0.3, 0.4) is 0 Å². The monoisotopic (exact) mass is 250 g/mol. The molecule has 100 valence electrons. The average molecular weight is 250 g/mol. The van der Waals surface area contributed by atoms with Gasteiger partial charge in [-0.2, -0.15) is 4.98 Å². The van der Waals surface area contributed by atoms with E-state index < -0.39 is 0 Å². The molecule has 1 aliphatic rings. The zero-order valence-electron chi connectivity index (χ0n) is 11.4. The summed E-state index contributed by atoms with van der Waals surface area (Å²) in [5.74, 6) is 1.15. The summed E-state index contributed by atoms with van der Waals surface area (Å²) in [5.41, 5.74) is 6.65. The van der Waals surface area contributed by atoms with Crippen molar-refractivity contribution in [1.82, 2.24) is 9.97 Å². The Morgan fingerprint density at radius 3 is 2.61 bits per heavy atom. The van der Waals surface area contributed by atoms with Gasteiger partial charge in [-0.3, -0.25) is 0 Å². The first-order chi connectivity index (χ1) is 8.50. The highest BCUT2D eigenvalue weighted by Crippen LogP contribution is 2.35. The van der Waals surface area contributed by atoms with Gasteiger partial charge >= 0.3 is 0 Å². The lowest BCUT2D eigenvalue weighted by atomic mass is 10.0. The molecule has 0 spiro atoms. The quantitative estimate of drug-likeness (QED) is 0.859. The summed E-state index contributed by atoms with van der Waals surface area (Å²) in [7, 11) is 0. The molecule has 1 fully saturated rings. The van der Waals surface area contributed by atoms with E-state index in [1.54, 1.807) is 0 Å². The van der Waals surface area contributed by atoms with E-state index in [9.17, 15) is 0 Å². The molecule has 0 aromatic carbocycles. The largest absolute Gasteiger partial charge is 0.473 e. The van der Waals surface area contributed by atoms with Crippen molar-refractivity contribution in [3.05, 3.63) is 6.33 Å². The Hall–Kier alpha value is -1.52. The Kier molecular flexibility index (Phi) is 3.59. The van der Waals surface area contributed by atoms with E-state index in [4.69, 9.17) is 10.5 Å². The number of nitrogen functional groups attached to an aromatic ring is 1. The van der Waals surface area contributed by atoms with Gasteiger partial charge in [0.1, 0.15) is 12.0 Å². The van der Waals surface area contributed by atoms with E-state index in [1.807, 2.05) is 13.8 Å². The first kappa shape index (κ1) is 12.9. The van der Waals surface area contributed by atoms with Crippen molar-refractivity contribution >= 4 is 11.5 Å². The Balaban J connectivity index is 2.17. The molecule has 1 aromatic heterocycles. The first-order valence-electron chi connectivity index (χ1n) is 6.55. The van der Waals surface area contributed by atoms with Gasteiger partial charge in [-0.05, 0) is 33.6 Å². The van der Waals surface area contributed by atoms with E-state index in [0.29, 0.717) is 17.4 Å². The number of aromatic nitrogens is 2. The molecule has 18 heavy (non-hydrogen) atoms. The normalized spacial score (nSPS) is 18.0. The van der Waals surface area contributed by atoms with E-state index >= 15 is 0 Å². The summed E-state index contributed by atoms with van der Waals surface area (Å²) in [4.78, 5) is 8.31. The highest BCUT2D eigenvalue weighted by atomic mass is 16.5. The maximum Gasteiger partial charge on any atom is 0.242 e. The lowest BCUT2D eigenvalue weighted by Gasteiger charge is -2.26. The van der Waals surface area contributed by atoms with Crippen LogP contribution in [0, 0.1) is 0 Å². The number of rotatable bonds is 4. The fourth-order valence-electron chi connectivity index (χ4n) is 2.36. The van der Waals surface area contributed by atoms with Gasteiger partial charge in [0.15, 0.2) is 5.82 Å². The number of hydrogen-bond donors (Lipinski definition) is 2. The van der Waals surface area contributed by atoms with Crippen molar-refractivity contribution in [2.75, 3.05) is 11.1 Å². The van der Waals surface area contributed by atoms with Gasteiger partial charge in [-0.15, -0.1) is 0 Å². The fourth-order valence-corrected chi connectivity index (χ4v) is 2.36. The number of hydrogen-bond acceptors (Lipinski definition) is 5. The second-order valence-corrected chi connectivity index (χ2v) is 5.50. The second-order valence-electron chi connectivity index (χ2n) is 5.50. The predicted molar refractivity (Wildman–Crippen MR) is 72.7 cm³/mol. The van der Waals surface area contributed by atoms with Crippen LogP contribution in [0.2, 0.25) is 0 Å². The standard InChI is InChI=1S/C13H22N4O/c1-9(2)18-12-10(14)11(15-8-16-12)17-13(3)6-4-5-7-13/h8-9H,4-7,14H2,1-3H3,(H,15,16,17). The minimum absolute atomic E-state index is 0.0529. The maximum atomic E-state index is 6.06. The van der Waals surface area contributed by atoms with Gasteiger partial charge in [0.2, 0.25) is 5.88 Å². The smallest absolute Gasteiger partial charge is 0.242 e. The molecule has 0 amide bonds. The zero-order chi connectivity index (χ0) is 13.2. The van der Waals surface area contributed by atoms with Crippen LogP contribution in [-0.4, -0.2) is 21.6 Å². The van der Waals surface area contributed by atoms with Gasteiger partial charge in [0.05, 0.1) is 6.10 Å². The molecule has 1 saturated carbocycles. The van der Waals surface area contributed by atoms with Crippen molar-refractivity contribution in [3.63, 3.8) is 0 Å². The molecule has 0 aliphatic heterocycles. The van der Waals surface area contributed by atoms with Crippen LogP contribution in [0.4, 0.5) is 11.5 Å². The van der Waals surface area contributed by atoms with Gasteiger partial charge < -0.3 is 15.8 Å². The van der Waals surface area contributed by atoms with E-state index in [1.165, 1.54) is 19.2 Å². The van der Waals surface area contributed by atoms with Crippen molar-refractivity contribution in [2.45, 2.75) is 58.1 Å². The van der Waals surface area contributed by atoms with Crippen LogP contribution < -0.4 is 15.8 Å². The minimum Gasteiger partial charge on any atom is -0.473 e. The molecule has 5 heteroatoms. The van der Waals surface area contributed by atoms with E-state index in [0.717, 1.165) is 12.8 Å². The van der Waals surface area contributed by atoms with Crippen LogP contribution in [0.5, 0.6) is 5.88 Å². The third kappa shape index (κ3) is 2.83. The number of nitrogens with one attached hydrogen (secondary N) is 1. The number of anilines is 2. The second kappa shape index (κ2) is 5.00. The average Bonchev–Trinajstić information content (AvgIpc) is 2.70. The van der Waals surface area contributed by atoms with Crippen molar-refractivity contribution in [1.29, 1.82) is 0 Å². The van der Waals surface area contributed by atoms with Crippen LogP contribution >= 0.6 is 0 Å². The maximum absolute atomic E-state index is 6.06. The summed E-state index contributed by atoms with van der Waals surface area (Å²) in [5, 5.41) is 3.44. The van der Waals surface area contributed by atoms with Crippen LogP contribution in [0.25, 0.3) is 0 Å². The molecule has 0 bridgehead atoms. The molecule has 0 atom stereocenters. The Labute approximate surface area is 108 Å². The molecule has 0 unspecified atom stereocenters. The zero-order valence-corrected chi connectivity index (χ0v) is 11.4. The summed E-state index contributed by atoms with van der Waals surface area (Å²) in [6.07, 6.45) is 6.35. The predicted octanol–water partition coefficient (Wildman–Crippen LogP) is 2.59. The molecule has 1 heterocycles. The summed E-state index contributed by atoms with van der Waals surface area (Å²) in [6.45, 7) is 6.12. The van der Waals surface area contributed by atoms with E-state index in [-0.39, 0.29) is 11.6 Å². The number of ether oxygens (including phenoxy) is 1. The molecule has 5 nitrogen and oxygen atoms in total. The highest BCUT2D eigenvalue weighted by molar-refractivity contribution is 5.67. The van der Waals surface area contributed by atoms with Gasteiger partial charge in [-0.25, -0.2) is 4.98 Å². The summed E-state index contributed by atoms with van der Waals surface area (Å²) in [6, 6.07) is 0. The molecule has 0 radical (unpaired) electrons. The third-order valence-corrected chi connectivity index (χ3v) is 3.32. The van der Waals surface area contributed by atoms with Crippen molar-refractivity contribution < 1.29 is 4.74 Å². The number of nitrogens with two attached hydrogens (primary N) is 1. The molecule has 1 aliphatic carbocycles. The Morgan fingerprint density at radius 1 is 1.33 bits per heavy atom. The topological polar surface area (TPSA) is 73.1 Å². The lowest BCUT2D eigenvalue weighted by molar-refractivity contribution is 0.234. The third-order valence-electron chi connectivity index (χ3n) is 3.32. The Bertz CT molecular complexity index is 413. The van der Waals surface area contributed by atoms with Crippen LogP contribution in [0.1, 0.15) is 46.5 Å². The summed E-state index contributed by atoms with van der Waals surface area (Å²) >= 11 is 0. The molecular formula is C13H22N4O. The molecule has 0 saturated heterocycles. The summed E-state index contributed by atoms with van der Waals surface area (Å²) < 4.78 is 5.57. The Morgan fingerprint density at radius 2 is 2.00 bits per heavy atom. The van der Waals surface area contributed by atoms with Crippen LogP contribution in [0.15, 0.2) is 6.33 Å². The molecule has 2 rings (SSSR count). The molecular weight excluding hydrogens is 228 g/mol. The van der Waals surface area contributed by atoms with Gasteiger partial charge in [0, 0.05) is 5.54 Å². The van der Waals surface area contributed by atoms with Crippen LogP contribution in [-0.2, 0) is 0 Å². The minimum atomic E-state index is 0.0529. The highest BCUT2D eigenvalue weighted by Gasteiger charge is 2.29. The SMILES string of the molecule is CC(C)Oc1ncnc(NC2(C)CCCC2)c1N. The van der Waals surface area contributed by atoms with Crippen molar-refractivity contribution in [3.8, 4) is 5.88 Å². The molecule has 1 aromatic rings. The first-order valence-corrected chi connectivity index (χ1v) is 6.55. The van der Waals surface area contributed by atoms with E-state index in [2.05, 4.69) is 22.2 Å². The fraction of sp³-hybridized carbons (Fsp3) is 0.692. The van der Waals surface area contributed by atoms with Gasteiger partial charge in [0.25, 0.3) is 0 Å². The van der Waals surface area contributed by atoms with Crippen molar-refractivity contribution in [2.24, 2.45) is 0 Å². The lowest BCUT2D eigenvalue weighted by Crippen LogP contribution is -2.31. The number of nitrogens with zero attached hydrogens (tertiary/aromatic N) is 2.